The number of nitrogens with zero attached hydrogens (tertiary/aromatic N) is 6. The fourth-order valence-electron chi connectivity index (χ4n) is 3.77. The highest BCUT2D eigenvalue weighted by Gasteiger charge is 2.31. The van der Waals surface area contributed by atoms with E-state index >= 15 is 0 Å². The van der Waals surface area contributed by atoms with Gasteiger partial charge in [0.2, 0.25) is 5.95 Å². The summed E-state index contributed by atoms with van der Waals surface area (Å²) in [6.07, 6.45) is 4.67. The van der Waals surface area contributed by atoms with Crippen LogP contribution >= 0.6 is 12.4 Å². The van der Waals surface area contributed by atoms with Gasteiger partial charge in [-0.25, -0.2) is 15.0 Å². The molecule has 2 aromatic carbocycles. The molecule has 9 nitrogen and oxygen atoms in total. The Morgan fingerprint density at radius 1 is 0.925 bits per heavy atom. The third kappa shape index (κ3) is 6.41. The van der Waals surface area contributed by atoms with Gasteiger partial charge in [0, 0.05) is 47.4 Å². The zero-order chi connectivity index (χ0) is 27.6. The Kier molecular flexibility index (Phi) is 8.10. The number of rotatable bonds is 6. The van der Waals surface area contributed by atoms with Crippen molar-refractivity contribution in [2.45, 2.75) is 20.0 Å². The quantitative estimate of drug-likeness (QED) is 0.253. The molecule has 5 rings (SSSR count). The van der Waals surface area contributed by atoms with Crippen molar-refractivity contribution in [2.24, 2.45) is 0 Å². The van der Waals surface area contributed by atoms with Crippen molar-refractivity contribution in [1.82, 2.24) is 29.5 Å². The smallest absolute Gasteiger partial charge is 0.324 e. The summed E-state index contributed by atoms with van der Waals surface area (Å²) in [5.41, 5.74) is 2.66. The number of amides is 1. The number of alkyl halides is 3. The second-order valence-electron chi connectivity index (χ2n) is 8.65. The Bertz CT molecular complexity index is 1660. The second-order valence-corrected chi connectivity index (χ2v) is 8.65. The summed E-state index contributed by atoms with van der Waals surface area (Å²) in [5.74, 6) is -0.309. The molecule has 5 aromatic rings. The Labute approximate surface area is 233 Å². The van der Waals surface area contributed by atoms with Gasteiger partial charge in [0.05, 0.1) is 29.5 Å². The van der Waals surface area contributed by atoms with Gasteiger partial charge in [0.1, 0.15) is 5.69 Å². The van der Waals surface area contributed by atoms with Crippen LogP contribution in [-0.4, -0.2) is 35.4 Å². The maximum atomic E-state index is 13.6. The van der Waals surface area contributed by atoms with Crippen molar-refractivity contribution >= 4 is 35.6 Å². The van der Waals surface area contributed by atoms with Crippen LogP contribution in [0.4, 0.5) is 30.5 Å². The molecule has 0 saturated carbocycles. The summed E-state index contributed by atoms with van der Waals surface area (Å²) in [4.78, 5) is 34.1. The molecule has 0 bridgehead atoms. The van der Waals surface area contributed by atoms with E-state index in [0.717, 1.165) is 17.7 Å². The number of carbonyl (C=O) groups excluding carboxylic acids is 1. The molecule has 13 heteroatoms. The molecule has 0 aliphatic rings. The fourth-order valence-corrected chi connectivity index (χ4v) is 3.77. The number of hydrogen-bond donors (Lipinski definition) is 2. The Morgan fingerprint density at radius 3 is 2.45 bits per heavy atom. The van der Waals surface area contributed by atoms with E-state index < -0.39 is 17.6 Å². The van der Waals surface area contributed by atoms with Crippen LogP contribution in [0.1, 0.15) is 27.2 Å². The van der Waals surface area contributed by atoms with Crippen LogP contribution in [0.25, 0.3) is 17.1 Å². The van der Waals surface area contributed by atoms with E-state index in [4.69, 9.17) is 0 Å². The summed E-state index contributed by atoms with van der Waals surface area (Å²) in [6.45, 7) is 3.57. The van der Waals surface area contributed by atoms with E-state index in [-0.39, 0.29) is 35.3 Å². The maximum Gasteiger partial charge on any atom is 0.416 e. The van der Waals surface area contributed by atoms with Crippen LogP contribution < -0.4 is 10.6 Å². The van der Waals surface area contributed by atoms with Gasteiger partial charge in [-0.2, -0.15) is 13.2 Å². The van der Waals surface area contributed by atoms with Crippen LogP contribution in [0, 0.1) is 13.8 Å². The van der Waals surface area contributed by atoms with Crippen molar-refractivity contribution in [3.8, 4) is 17.1 Å². The third-order valence-electron chi connectivity index (χ3n) is 5.74. The number of halogens is 4. The first kappa shape index (κ1) is 28.2. The van der Waals surface area contributed by atoms with Gasteiger partial charge < -0.3 is 15.2 Å². The standard InChI is InChI=1S/C27H21F3N8O.ClH/c1-16-3-4-18(9-23(16)37-26-33-6-5-22(36-26)24-13-31-7-8-32-24)25(39)35-20-10-19(27(28,29)30)11-21(12-20)38-14-17(2)34-15-38;/h3-15H,1-2H3,(H,35,39)(H,33,36,37);1H. The van der Waals surface area contributed by atoms with Gasteiger partial charge in [0.25, 0.3) is 5.91 Å². The molecule has 0 aliphatic heterocycles. The van der Waals surface area contributed by atoms with Crippen molar-refractivity contribution in [2.75, 3.05) is 10.6 Å². The Hall–Kier alpha value is -4.84. The largest absolute Gasteiger partial charge is 0.416 e. The molecule has 0 unspecified atom stereocenters. The minimum absolute atomic E-state index is 0. The molecule has 1 amide bonds. The molecular formula is C27H22ClF3N8O. The van der Waals surface area contributed by atoms with E-state index in [9.17, 15) is 18.0 Å². The predicted octanol–water partition coefficient (Wildman–Crippen LogP) is 6.17. The molecule has 204 valence electrons. The van der Waals surface area contributed by atoms with Gasteiger partial charge in [-0.15, -0.1) is 12.4 Å². The fraction of sp³-hybridized carbons (Fsp3) is 0.111. The van der Waals surface area contributed by atoms with Gasteiger partial charge in [-0.3, -0.25) is 14.8 Å². The average Bonchev–Trinajstić information content (AvgIpc) is 3.36. The lowest BCUT2D eigenvalue weighted by Gasteiger charge is -2.14. The van der Waals surface area contributed by atoms with Gasteiger partial charge in [-0.05, 0) is 55.8 Å². The summed E-state index contributed by atoms with van der Waals surface area (Å²) >= 11 is 0. The summed E-state index contributed by atoms with van der Waals surface area (Å²) in [7, 11) is 0. The lowest BCUT2D eigenvalue weighted by Crippen LogP contribution is -2.14. The maximum absolute atomic E-state index is 13.6. The molecular weight excluding hydrogens is 545 g/mol. The summed E-state index contributed by atoms with van der Waals surface area (Å²) in [5, 5.41) is 5.68. The van der Waals surface area contributed by atoms with E-state index in [1.807, 2.05) is 6.92 Å². The number of benzene rings is 2. The molecule has 0 spiro atoms. The van der Waals surface area contributed by atoms with Crippen LogP contribution in [0.3, 0.4) is 0 Å². The van der Waals surface area contributed by atoms with Crippen molar-refractivity contribution in [3.63, 3.8) is 0 Å². The Morgan fingerprint density at radius 2 is 1.75 bits per heavy atom. The lowest BCUT2D eigenvalue weighted by atomic mass is 10.1. The van der Waals surface area contributed by atoms with E-state index in [0.29, 0.717) is 22.8 Å². The highest BCUT2D eigenvalue weighted by molar-refractivity contribution is 6.05. The summed E-state index contributed by atoms with van der Waals surface area (Å²) in [6, 6.07) is 9.92. The zero-order valence-corrected chi connectivity index (χ0v) is 22.0. The molecule has 0 fully saturated rings. The number of nitrogens with one attached hydrogen (secondary N) is 2. The van der Waals surface area contributed by atoms with Gasteiger partial charge in [-0.1, -0.05) is 6.07 Å². The first-order valence-electron chi connectivity index (χ1n) is 11.7. The molecule has 3 heterocycles. The van der Waals surface area contributed by atoms with E-state index in [1.165, 1.54) is 17.0 Å². The molecule has 0 aliphatic carbocycles. The monoisotopic (exact) mass is 566 g/mol. The molecule has 3 aromatic heterocycles. The number of aryl methyl sites for hydroxylation is 2. The van der Waals surface area contributed by atoms with Crippen molar-refractivity contribution in [3.05, 3.63) is 102 Å². The minimum atomic E-state index is -4.61. The highest BCUT2D eigenvalue weighted by atomic mass is 35.5. The second kappa shape index (κ2) is 11.5. The number of imidazole rings is 1. The SMILES string of the molecule is Cc1cn(-c2cc(NC(=O)c3ccc(C)c(Nc4nccc(-c5cnccn5)n4)c3)cc(C(F)(F)F)c2)cn1.Cl. The van der Waals surface area contributed by atoms with Crippen LogP contribution in [0.15, 0.2) is 79.8 Å². The first-order chi connectivity index (χ1) is 18.7. The van der Waals surface area contributed by atoms with Crippen LogP contribution in [0.5, 0.6) is 0 Å². The van der Waals surface area contributed by atoms with Crippen LogP contribution in [0.2, 0.25) is 0 Å². The van der Waals surface area contributed by atoms with Crippen molar-refractivity contribution < 1.29 is 18.0 Å². The number of hydrogen-bond acceptors (Lipinski definition) is 7. The van der Waals surface area contributed by atoms with Crippen molar-refractivity contribution in [1.29, 1.82) is 0 Å². The number of carbonyl (C=O) groups is 1. The predicted molar refractivity (Wildman–Crippen MR) is 146 cm³/mol. The first-order valence-corrected chi connectivity index (χ1v) is 11.7. The van der Waals surface area contributed by atoms with E-state index in [2.05, 4.69) is 35.6 Å². The Balaban J connectivity index is 0.00000370. The third-order valence-corrected chi connectivity index (χ3v) is 5.74. The molecule has 2 N–H and O–H groups in total. The molecule has 0 atom stereocenters. The van der Waals surface area contributed by atoms with Crippen LogP contribution in [-0.2, 0) is 6.18 Å². The number of anilines is 3. The molecule has 40 heavy (non-hydrogen) atoms. The van der Waals surface area contributed by atoms with E-state index in [1.54, 1.807) is 62.2 Å². The average molecular weight is 567 g/mol. The zero-order valence-electron chi connectivity index (χ0n) is 21.1. The normalized spacial score (nSPS) is 11.0. The number of aromatic nitrogens is 6. The molecule has 0 radical (unpaired) electrons. The topological polar surface area (TPSA) is 111 Å². The minimum Gasteiger partial charge on any atom is -0.324 e. The van der Waals surface area contributed by atoms with Gasteiger partial charge in [0.15, 0.2) is 0 Å². The lowest BCUT2D eigenvalue weighted by molar-refractivity contribution is -0.137. The highest BCUT2D eigenvalue weighted by Crippen LogP contribution is 2.33. The summed E-state index contributed by atoms with van der Waals surface area (Å²) < 4.78 is 42.3. The molecule has 0 saturated heterocycles. The van der Waals surface area contributed by atoms with Gasteiger partial charge >= 0.3 is 6.18 Å².